The number of benzene rings is 1. The standard InChI is InChI=1S/C16H15F3N2O6/c17-16(18,19)9-1-2-11(12(5-9)21(25)26)13(22)20-6-10-7-27-4-3-15(10,8-20)14(23)24/h1-2,5,10H,3-4,6-8H2,(H,23,24)/t10-,15+/m0/s1. The molecule has 11 heteroatoms. The Kier molecular flexibility index (Phi) is 4.58. The van der Waals surface area contributed by atoms with Gasteiger partial charge in [0.05, 0.1) is 22.5 Å². The molecular formula is C16H15F3N2O6. The number of alkyl halides is 3. The van der Waals surface area contributed by atoms with Crippen LogP contribution in [0.15, 0.2) is 18.2 Å². The van der Waals surface area contributed by atoms with E-state index in [1.54, 1.807) is 0 Å². The minimum atomic E-state index is -4.79. The Morgan fingerprint density at radius 2 is 2.07 bits per heavy atom. The van der Waals surface area contributed by atoms with Gasteiger partial charge in [-0.25, -0.2) is 0 Å². The summed E-state index contributed by atoms with van der Waals surface area (Å²) >= 11 is 0. The fraction of sp³-hybridized carbons (Fsp3) is 0.500. The fourth-order valence-electron chi connectivity index (χ4n) is 3.66. The molecule has 2 saturated heterocycles. The van der Waals surface area contributed by atoms with Gasteiger partial charge in [0.25, 0.3) is 11.6 Å². The Hall–Kier alpha value is -2.69. The molecule has 1 aromatic carbocycles. The number of nitro groups is 1. The average molecular weight is 388 g/mol. The molecule has 0 radical (unpaired) electrons. The number of likely N-dealkylation sites (tertiary alicyclic amines) is 1. The number of carboxylic acids is 1. The SMILES string of the molecule is O=C(c1ccc(C(F)(F)F)cc1[N+](=O)[O-])N1C[C@H]2COCC[C@@]2(C(=O)O)C1. The minimum absolute atomic E-state index is 0.00328. The largest absolute Gasteiger partial charge is 0.481 e. The van der Waals surface area contributed by atoms with Gasteiger partial charge in [-0.05, 0) is 18.6 Å². The van der Waals surface area contributed by atoms with E-state index in [-0.39, 0.29) is 32.7 Å². The molecule has 2 atom stereocenters. The zero-order valence-corrected chi connectivity index (χ0v) is 13.9. The first-order valence-electron chi connectivity index (χ1n) is 8.02. The third-order valence-corrected chi connectivity index (χ3v) is 5.17. The quantitative estimate of drug-likeness (QED) is 0.628. The average Bonchev–Trinajstić information content (AvgIpc) is 3.00. The molecule has 1 aromatic rings. The highest BCUT2D eigenvalue weighted by Crippen LogP contribution is 2.43. The van der Waals surface area contributed by atoms with Crippen molar-refractivity contribution in [2.75, 3.05) is 26.3 Å². The van der Waals surface area contributed by atoms with Gasteiger partial charge < -0.3 is 14.7 Å². The van der Waals surface area contributed by atoms with Crippen LogP contribution in [0, 0.1) is 21.4 Å². The number of carbonyl (C=O) groups is 2. The number of aliphatic carboxylic acids is 1. The number of carboxylic acid groups (broad SMARTS) is 1. The molecule has 8 nitrogen and oxygen atoms in total. The molecule has 0 bridgehead atoms. The van der Waals surface area contributed by atoms with Crippen molar-refractivity contribution in [1.82, 2.24) is 4.90 Å². The molecule has 1 N–H and O–H groups in total. The molecule has 146 valence electrons. The lowest BCUT2D eigenvalue weighted by Gasteiger charge is -2.33. The van der Waals surface area contributed by atoms with Gasteiger partial charge in [-0.15, -0.1) is 0 Å². The van der Waals surface area contributed by atoms with E-state index in [1.807, 2.05) is 0 Å². The van der Waals surface area contributed by atoms with Crippen LogP contribution in [0.3, 0.4) is 0 Å². The summed E-state index contributed by atoms with van der Waals surface area (Å²) in [6.07, 6.45) is -4.61. The maximum Gasteiger partial charge on any atom is 0.416 e. The van der Waals surface area contributed by atoms with E-state index in [0.717, 1.165) is 11.0 Å². The summed E-state index contributed by atoms with van der Waals surface area (Å²) in [5, 5.41) is 20.8. The normalized spacial score (nSPS) is 25.1. The van der Waals surface area contributed by atoms with Crippen LogP contribution in [0.4, 0.5) is 18.9 Å². The molecule has 27 heavy (non-hydrogen) atoms. The maximum absolute atomic E-state index is 12.8. The molecule has 0 saturated carbocycles. The predicted molar refractivity (Wildman–Crippen MR) is 83.0 cm³/mol. The molecule has 0 aromatic heterocycles. The first kappa shape index (κ1) is 19.1. The molecule has 0 spiro atoms. The number of fused-ring (bicyclic) bond motifs is 1. The van der Waals surface area contributed by atoms with Crippen molar-refractivity contribution in [3.63, 3.8) is 0 Å². The topological polar surface area (TPSA) is 110 Å². The van der Waals surface area contributed by atoms with Crippen LogP contribution in [0.1, 0.15) is 22.3 Å². The third kappa shape index (κ3) is 3.22. The molecule has 1 amide bonds. The van der Waals surface area contributed by atoms with Crippen LogP contribution >= 0.6 is 0 Å². The lowest BCUT2D eigenvalue weighted by molar-refractivity contribution is -0.385. The summed E-state index contributed by atoms with van der Waals surface area (Å²) < 4.78 is 43.7. The van der Waals surface area contributed by atoms with E-state index < -0.39 is 51.1 Å². The third-order valence-electron chi connectivity index (χ3n) is 5.17. The van der Waals surface area contributed by atoms with Gasteiger partial charge >= 0.3 is 12.1 Å². The molecule has 2 aliphatic heterocycles. The summed E-state index contributed by atoms with van der Waals surface area (Å²) in [4.78, 5) is 35.8. The minimum Gasteiger partial charge on any atom is -0.481 e. The predicted octanol–water partition coefficient (Wildman–Crippen LogP) is 2.18. The Balaban J connectivity index is 1.95. The summed E-state index contributed by atoms with van der Waals surface area (Å²) in [6.45, 7) is 0.174. The Bertz CT molecular complexity index is 812. The highest BCUT2D eigenvalue weighted by atomic mass is 19.4. The number of ether oxygens (including phenoxy) is 1. The second-order valence-corrected chi connectivity index (χ2v) is 6.66. The van der Waals surface area contributed by atoms with E-state index in [0.29, 0.717) is 12.1 Å². The highest BCUT2D eigenvalue weighted by Gasteiger charge is 2.55. The van der Waals surface area contributed by atoms with Crippen molar-refractivity contribution >= 4 is 17.6 Å². The van der Waals surface area contributed by atoms with Crippen molar-refractivity contribution in [1.29, 1.82) is 0 Å². The number of hydrogen-bond donors (Lipinski definition) is 1. The van der Waals surface area contributed by atoms with Gasteiger partial charge in [0.2, 0.25) is 0 Å². The van der Waals surface area contributed by atoms with E-state index >= 15 is 0 Å². The van der Waals surface area contributed by atoms with Crippen LogP contribution in [0.25, 0.3) is 0 Å². The summed E-state index contributed by atoms with van der Waals surface area (Å²) in [5.74, 6) is -2.44. The van der Waals surface area contributed by atoms with Crippen LogP contribution in [-0.2, 0) is 15.7 Å². The van der Waals surface area contributed by atoms with E-state index in [1.165, 1.54) is 0 Å². The first-order valence-corrected chi connectivity index (χ1v) is 8.02. The zero-order valence-electron chi connectivity index (χ0n) is 13.9. The van der Waals surface area contributed by atoms with Gasteiger partial charge in [0, 0.05) is 31.7 Å². The maximum atomic E-state index is 12.8. The van der Waals surface area contributed by atoms with Gasteiger partial charge in [0.1, 0.15) is 5.56 Å². The first-order chi connectivity index (χ1) is 12.6. The molecular weight excluding hydrogens is 373 g/mol. The van der Waals surface area contributed by atoms with Crippen LogP contribution in [0.2, 0.25) is 0 Å². The molecule has 2 heterocycles. The molecule has 3 rings (SSSR count). The second kappa shape index (κ2) is 6.48. The lowest BCUT2D eigenvalue weighted by atomic mass is 9.74. The number of hydrogen-bond acceptors (Lipinski definition) is 5. The highest BCUT2D eigenvalue weighted by molar-refractivity contribution is 5.99. The van der Waals surface area contributed by atoms with Crippen LogP contribution < -0.4 is 0 Å². The van der Waals surface area contributed by atoms with Gasteiger partial charge in [-0.1, -0.05) is 0 Å². The van der Waals surface area contributed by atoms with Crippen molar-refractivity contribution in [3.05, 3.63) is 39.4 Å². The van der Waals surface area contributed by atoms with E-state index in [2.05, 4.69) is 0 Å². The number of rotatable bonds is 3. The van der Waals surface area contributed by atoms with Crippen molar-refractivity contribution in [2.24, 2.45) is 11.3 Å². The fourth-order valence-corrected chi connectivity index (χ4v) is 3.66. The number of carbonyl (C=O) groups excluding carboxylic acids is 1. The van der Waals surface area contributed by atoms with Crippen molar-refractivity contribution in [3.8, 4) is 0 Å². The molecule has 2 fully saturated rings. The van der Waals surface area contributed by atoms with E-state index in [4.69, 9.17) is 4.74 Å². The Labute approximate surface area is 150 Å². The monoisotopic (exact) mass is 388 g/mol. The second-order valence-electron chi connectivity index (χ2n) is 6.66. The molecule has 0 aliphatic carbocycles. The molecule has 0 unspecified atom stereocenters. The van der Waals surface area contributed by atoms with Crippen LogP contribution in [-0.4, -0.2) is 53.1 Å². The number of nitrogens with zero attached hydrogens (tertiary/aromatic N) is 2. The van der Waals surface area contributed by atoms with Gasteiger partial charge in [-0.2, -0.15) is 13.2 Å². The summed E-state index contributed by atoms with van der Waals surface area (Å²) in [7, 11) is 0. The van der Waals surface area contributed by atoms with E-state index in [9.17, 15) is 38.0 Å². The molecule has 2 aliphatic rings. The number of halogens is 3. The summed E-state index contributed by atoms with van der Waals surface area (Å²) in [5.41, 5.74) is -3.93. The number of amides is 1. The Morgan fingerprint density at radius 1 is 1.37 bits per heavy atom. The Morgan fingerprint density at radius 3 is 2.63 bits per heavy atom. The smallest absolute Gasteiger partial charge is 0.416 e. The number of nitro benzene ring substituents is 1. The van der Waals surface area contributed by atoms with Crippen molar-refractivity contribution < 1.29 is 37.5 Å². The lowest BCUT2D eigenvalue weighted by Crippen LogP contribution is -2.45. The van der Waals surface area contributed by atoms with Gasteiger partial charge in [0.15, 0.2) is 0 Å². The van der Waals surface area contributed by atoms with Crippen LogP contribution in [0.5, 0.6) is 0 Å². The summed E-state index contributed by atoms with van der Waals surface area (Å²) in [6, 6.07) is 1.67. The van der Waals surface area contributed by atoms with Gasteiger partial charge in [-0.3, -0.25) is 19.7 Å². The zero-order chi connectivity index (χ0) is 20.0. The van der Waals surface area contributed by atoms with Crippen molar-refractivity contribution in [2.45, 2.75) is 12.6 Å².